The van der Waals surface area contributed by atoms with Crippen LogP contribution in [0.2, 0.25) is 0 Å². The normalized spacial score (nSPS) is 16.6. The smallest absolute Gasteiger partial charge is 0.169 e. The van der Waals surface area contributed by atoms with Crippen molar-refractivity contribution >= 4 is 65.1 Å². The Hall–Kier alpha value is -8.64. The van der Waals surface area contributed by atoms with Crippen LogP contribution in [0.5, 0.6) is 0 Å². The highest BCUT2D eigenvalue weighted by Gasteiger charge is 2.52. The molecular formula is C67H43N3OS. The van der Waals surface area contributed by atoms with Gasteiger partial charge in [0.1, 0.15) is 22.8 Å². The summed E-state index contributed by atoms with van der Waals surface area (Å²) in [4.78, 5) is 11.0. The molecule has 0 saturated carbocycles. The van der Waals surface area contributed by atoms with Crippen LogP contribution in [-0.2, 0) is 5.41 Å². The van der Waals surface area contributed by atoms with Crippen molar-refractivity contribution in [1.82, 2.24) is 5.32 Å². The van der Waals surface area contributed by atoms with Crippen LogP contribution in [0.15, 0.2) is 233 Å². The van der Waals surface area contributed by atoms with Crippen LogP contribution in [0.1, 0.15) is 69.4 Å². The van der Waals surface area contributed by atoms with Crippen molar-refractivity contribution in [2.75, 3.05) is 0 Å². The van der Waals surface area contributed by atoms with E-state index in [2.05, 4.69) is 224 Å². The molecule has 10 aromatic carbocycles. The van der Waals surface area contributed by atoms with Crippen molar-refractivity contribution in [2.24, 2.45) is 9.98 Å². The summed E-state index contributed by atoms with van der Waals surface area (Å²) >= 11 is 1.83. The highest BCUT2D eigenvalue weighted by molar-refractivity contribution is 7.25. The predicted molar refractivity (Wildman–Crippen MR) is 298 cm³/mol. The van der Waals surface area contributed by atoms with Gasteiger partial charge in [0.05, 0.1) is 5.41 Å². The number of nitrogens with zero attached hydrogens (tertiary/aromatic N) is 2. The lowest BCUT2D eigenvalue weighted by Gasteiger charge is -2.30. The van der Waals surface area contributed by atoms with E-state index in [1.54, 1.807) is 0 Å². The van der Waals surface area contributed by atoms with E-state index in [9.17, 15) is 0 Å². The van der Waals surface area contributed by atoms with Crippen LogP contribution in [0.4, 0.5) is 0 Å². The third-order valence-electron chi connectivity index (χ3n) is 16.2. The van der Waals surface area contributed by atoms with Crippen LogP contribution < -0.4 is 5.32 Å². The molecule has 5 heteroatoms. The number of hydrogen-bond acceptors (Lipinski definition) is 5. The van der Waals surface area contributed by atoms with Crippen molar-refractivity contribution in [1.29, 1.82) is 0 Å². The Labute approximate surface area is 420 Å². The summed E-state index contributed by atoms with van der Waals surface area (Å²) in [6, 6.07) is 80.4. The minimum absolute atomic E-state index is 0.175. The van der Waals surface area contributed by atoms with Crippen molar-refractivity contribution in [3.05, 3.63) is 263 Å². The zero-order valence-electron chi connectivity index (χ0n) is 39.1. The van der Waals surface area contributed by atoms with E-state index in [1.807, 2.05) is 11.3 Å². The molecule has 72 heavy (non-hydrogen) atoms. The largest absolute Gasteiger partial charge is 0.455 e. The van der Waals surface area contributed by atoms with Gasteiger partial charge in [-0.2, -0.15) is 0 Å². The molecule has 2 aromatic heterocycles. The maximum Gasteiger partial charge on any atom is 0.169 e. The predicted octanol–water partition coefficient (Wildman–Crippen LogP) is 17.0. The summed E-state index contributed by atoms with van der Waals surface area (Å²) in [5.74, 6) is 1.96. The van der Waals surface area contributed by atoms with E-state index < -0.39 is 11.6 Å². The monoisotopic (exact) mass is 937 g/mol. The fourth-order valence-corrected chi connectivity index (χ4v) is 14.3. The third kappa shape index (κ3) is 5.57. The van der Waals surface area contributed by atoms with Gasteiger partial charge in [0.2, 0.25) is 0 Å². The summed E-state index contributed by atoms with van der Waals surface area (Å²) in [5, 5.41) is 8.52. The summed E-state index contributed by atoms with van der Waals surface area (Å²) in [7, 11) is 0. The molecule has 2 atom stereocenters. The molecule has 2 unspecified atom stereocenters. The van der Waals surface area contributed by atoms with Gasteiger partial charge >= 0.3 is 0 Å². The van der Waals surface area contributed by atoms with E-state index in [0.717, 1.165) is 68.7 Å². The quantitative estimate of drug-likeness (QED) is 0.181. The van der Waals surface area contributed by atoms with Gasteiger partial charge in [-0.25, -0.2) is 9.98 Å². The number of hydrogen-bond donors (Lipinski definition) is 1. The summed E-state index contributed by atoms with van der Waals surface area (Å²) < 4.78 is 9.31. The van der Waals surface area contributed by atoms with Crippen LogP contribution in [0.25, 0.3) is 86.6 Å². The van der Waals surface area contributed by atoms with Gasteiger partial charge in [-0.05, 0) is 109 Å². The molecule has 16 rings (SSSR count). The molecule has 1 N–H and O–H groups in total. The molecule has 0 fully saturated rings. The Kier molecular flexibility index (Phi) is 8.46. The fourth-order valence-electron chi connectivity index (χ4n) is 13.2. The summed E-state index contributed by atoms with van der Waals surface area (Å²) in [6.45, 7) is 0. The van der Waals surface area contributed by atoms with Gasteiger partial charge < -0.3 is 9.73 Å². The highest BCUT2D eigenvalue weighted by atomic mass is 32.1. The lowest BCUT2D eigenvalue weighted by Crippen LogP contribution is -2.35. The molecule has 12 aromatic rings. The molecule has 0 saturated heterocycles. The average molecular weight is 938 g/mol. The number of nitrogens with one attached hydrogen (secondary N) is 1. The van der Waals surface area contributed by atoms with Gasteiger partial charge in [0.25, 0.3) is 0 Å². The van der Waals surface area contributed by atoms with E-state index in [4.69, 9.17) is 14.4 Å². The second kappa shape index (κ2) is 15.2. The summed E-state index contributed by atoms with van der Waals surface area (Å²) in [5.41, 5.74) is 21.9. The van der Waals surface area contributed by atoms with Crippen molar-refractivity contribution in [3.63, 3.8) is 0 Å². The minimum atomic E-state index is -0.473. The molecule has 4 aliphatic rings. The Morgan fingerprint density at radius 1 is 0.458 bits per heavy atom. The first kappa shape index (κ1) is 40.1. The number of aliphatic imine (C=N–C) groups is 2. The first-order valence-corrected chi connectivity index (χ1v) is 25.9. The van der Waals surface area contributed by atoms with E-state index in [0.29, 0.717) is 0 Å². The first-order valence-electron chi connectivity index (χ1n) is 25.1. The highest BCUT2D eigenvalue weighted by Crippen LogP contribution is 2.64. The summed E-state index contributed by atoms with van der Waals surface area (Å²) in [6.07, 6.45) is 1.14. The van der Waals surface area contributed by atoms with Crippen LogP contribution in [0.3, 0.4) is 0 Å². The van der Waals surface area contributed by atoms with Crippen LogP contribution >= 0.6 is 11.3 Å². The molecule has 1 aliphatic heterocycles. The number of thiophene rings is 1. The molecule has 0 amide bonds. The second-order valence-corrected chi connectivity index (χ2v) is 20.9. The fraction of sp³-hybridized carbons (Fsp3) is 0.0746. The lowest BCUT2D eigenvalue weighted by atomic mass is 9.70. The molecule has 338 valence electrons. The van der Waals surface area contributed by atoms with E-state index in [-0.39, 0.29) is 5.92 Å². The maximum atomic E-state index is 6.79. The number of furan rings is 1. The number of para-hydroxylation sites is 1. The topological polar surface area (TPSA) is 49.9 Å². The molecular weight excluding hydrogens is 895 g/mol. The molecule has 1 spiro atoms. The Bertz CT molecular complexity index is 4300. The van der Waals surface area contributed by atoms with Gasteiger partial charge in [0.15, 0.2) is 6.17 Å². The van der Waals surface area contributed by atoms with Crippen LogP contribution in [-0.4, -0.2) is 11.7 Å². The van der Waals surface area contributed by atoms with Crippen molar-refractivity contribution in [2.45, 2.75) is 30.3 Å². The standard InChI is InChI=1S/C67H43N3OS/c1-2-16-39(17-3-1)41-24-14-25-49-48-33-32-40(36-59(48)71-64(41)49)65-68-62(69-66(70-65)51-26-15-31-61-63(51)50-23-9-13-30-60(50)72-61)35-34-44-42-18-4-5-19-43(42)53-38-58-54(37-52(44)53)47-22-8-12-29-57(47)67(58)55-27-10-6-20-45(55)46-21-7-11-28-56(46)67/h1-33,36-38,44,65H,34-35H2,(H,68,69,70). The van der Waals surface area contributed by atoms with E-state index >= 15 is 0 Å². The number of rotatable bonds is 6. The molecule has 3 aliphatic carbocycles. The SMILES string of the molecule is c1ccc(-c2cccc3c2oc2cc(C4N=C(CCC5c6ccccc6-c6cc7c(cc65)-c5ccccc5C75c6ccccc6-c6ccccc65)NC(c5cccc6sc7ccccc7c56)=N4)ccc23)cc1. The van der Waals surface area contributed by atoms with Gasteiger partial charge in [-0.15, -0.1) is 11.3 Å². The maximum absolute atomic E-state index is 6.79. The van der Waals surface area contributed by atoms with Gasteiger partial charge in [0, 0.05) is 60.0 Å². The van der Waals surface area contributed by atoms with Gasteiger partial charge in [-0.1, -0.05) is 188 Å². The number of amidine groups is 2. The molecule has 0 radical (unpaired) electrons. The average Bonchev–Trinajstić information content (AvgIpc) is 4.24. The molecule has 0 bridgehead atoms. The van der Waals surface area contributed by atoms with Crippen molar-refractivity contribution in [3.8, 4) is 44.5 Å². The Morgan fingerprint density at radius 3 is 1.90 bits per heavy atom. The number of benzene rings is 10. The first-order chi connectivity index (χ1) is 35.7. The second-order valence-electron chi connectivity index (χ2n) is 19.8. The zero-order chi connectivity index (χ0) is 47.1. The Morgan fingerprint density at radius 2 is 1.10 bits per heavy atom. The lowest BCUT2D eigenvalue weighted by molar-refractivity contribution is 0.666. The minimum Gasteiger partial charge on any atom is -0.455 e. The van der Waals surface area contributed by atoms with E-state index in [1.165, 1.54) is 86.9 Å². The Balaban J connectivity index is 0.820. The van der Waals surface area contributed by atoms with Crippen LogP contribution in [0, 0.1) is 0 Å². The van der Waals surface area contributed by atoms with Gasteiger partial charge in [-0.3, -0.25) is 0 Å². The molecule has 4 nitrogen and oxygen atoms in total. The molecule has 3 heterocycles. The van der Waals surface area contributed by atoms with Crippen molar-refractivity contribution < 1.29 is 4.42 Å². The third-order valence-corrected chi connectivity index (χ3v) is 17.3. The number of fused-ring (bicyclic) bond motifs is 19. The zero-order valence-corrected chi connectivity index (χ0v) is 39.9.